The van der Waals surface area contributed by atoms with Crippen LogP contribution in [0, 0.1) is 6.92 Å². The van der Waals surface area contributed by atoms with Crippen molar-refractivity contribution in [1.82, 2.24) is 9.88 Å². The van der Waals surface area contributed by atoms with Crippen LogP contribution in [0.15, 0.2) is 82.1 Å². The van der Waals surface area contributed by atoms with Crippen LogP contribution in [-0.2, 0) is 11.3 Å². The van der Waals surface area contributed by atoms with Gasteiger partial charge in [-0.2, -0.15) is 0 Å². The van der Waals surface area contributed by atoms with Crippen LogP contribution in [0.3, 0.4) is 0 Å². The fraction of sp³-hybridized carbons (Fsp3) is 0.125. The second-order valence-corrected chi connectivity index (χ2v) is 11.3. The van der Waals surface area contributed by atoms with Crippen molar-refractivity contribution in [2.24, 2.45) is 0 Å². The minimum absolute atomic E-state index is 0.0343. The number of aromatic carboxylic acids is 1. The van der Waals surface area contributed by atoms with Gasteiger partial charge in [-0.05, 0) is 79.6 Å². The van der Waals surface area contributed by atoms with Gasteiger partial charge < -0.3 is 24.7 Å². The van der Waals surface area contributed by atoms with Crippen molar-refractivity contribution in [1.29, 1.82) is 0 Å². The summed E-state index contributed by atoms with van der Waals surface area (Å²) in [6.07, 6.45) is 1.29. The van der Waals surface area contributed by atoms with Crippen LogP contribution < -0.4 is 16.1 Å². The number of aromatic nitrogens is 1. The molecule has 3 N–H and O–H groups in total. The standard InChI is InChI=1S/C32H24Cl3N3O6/c1-16-3-4-18(11-24(16)34)14-38-15-23(32(42)43)29(39)22-13-20(6-8-26(22)38)37-30(40)17(2)36-31(41)28-10-9-27(44-28)21-7-5-19(33)12-25(21)35/h3-13,15,17H,14H2,1-2H3,(H,36,41)(H,37,40)(H,42,43)/t17-/m0/s1. The zero-order valence-corrected chi connectivity index (χ0v) is 25.6. The summed E-state index contributed by atoms with van der Waals surface area (Å²) in [4.78, 5) is 50.7. The van der Waals surface area contributed by atoms with E-state index in [0.717, 1.165) is 11.1 Å². The van der Waals surface area contributed by atoms with Gasteiger partial charge in [-0.1, -0.05) is 46.9 Å². The monoisotopic (exact) mass is 651 g/mol. The van der Waals surface area contributed by atoms with Gasteiger partial charge in [0.1, 0.15) is 17.4 Å². The lowest BCUT2D eigenvalue weighted by Crippen LogP contribution is -2.41. The van der Waals surface area contributed by atoms with Crippen molar-refractivity contribution >= 4 is 69.2 Å². The van der Waals surface area contributed by atoms with Crippen LogP contribution in [0.5, 0.6) is 0 Å². The normalized spacial score (nSPS) is 11.8. The highest BCUT2D eigenvalue weighted by atomic mass is 35.5. The molecule has 1 atom stereocenters. The fourth-order valence-electron chi connectivity index (χ4n) is 4.57. The third-order valence-electron chi connectivity index (χ3n) is 6.93. The fourth-order valence-corrected chi connectivity index (χ4v) is 5.27. The van der Waals surface area contributed by atoms with E-state index in [2.05, 4.69) is 10.6 Å². The van der Waals surface area contributed by atoms with Crippen LogP contribution >= 0.6 is 34.8 Å². The van der Waals surface area contributed by atoms with E-state index in [9.17, 15) is 24.3 Å². The Morgan fingerprint density at radius 2 is 1.73 bits per heavy atom. The Hall–Kier alpha value is -4.57. The molecule has 0 aliphatic carbocycles. The summed E-state index contributed by atoms with van der Waals surface area (Å²) in [6, 6.07) is 17.0. The first-order chi connectivity index (χ1) is 20.9. The number of carboxylic acid groups (broad SMARTS) is 1. The third-order valence-corrected chi connectivity index (χ3v) is 7.89. The van der Waals surface area contributed by atoms with Gasteiger partial charge in [0.15, 0.2) is 5.76 Å². The summed E-state index contributed by atoms with van der Waals surface area (Å²) in [6.45, 7) is 3.61. The summed E-state index contributed by atoms with van der Waals surface area (Å²) in [5.74, 6) is -2.27. The van der Waals surface area contributed by atoms with Crippen molar-refractivity contribution in [3.8, 4) is 11.3 Å². The molecule has 0 fully saturated rings. The van der Waals surface area contributed by atoms with Gasteiger partial charge in [0, 0.05) is 39.4 Å². The van der Waals surface area contributed by atoms with Crippen molar-refractivity contribution in [2.45, 2.75) is 26.4 Å². The van der Waals surface area contributed by atoms with E-state index in [-0.39, 0.29) is 23.4 Å². The molecule has 224 valence electrons. The van der Waals surface area contributed by atoms with Gasteiger partial charge in [-0.25, -0.2) is 4.79 Å². The number of carboxylic acids is 1. The topological polar surface area (TPSA) is 131 Å². The smallest absolute Gasteiger partial charge is 0.341 e. The maximum absolute atomic E-state index is 13.1. The number of nitrogens with one attached hydrogen (secondary N) is 2. The molecule has 2 amide bonds. The molecular formula is C32H24Cl3N3O6. The Morgan fingerprint density at radius 1 is 0.955 bits per heavy atom. The second-order valence-electron chi connectivity index (χ2n) is 10.1. The molecule has 9 nitrogen and oxygen atoms in total. The lowest BCUT2D eigenvalue weighted by atomic mass is 10.1. The van der Waals surface area contributed by atoms with Crippen LogP contribution in [0.4, 0.5) is 5.69 Å². The molecule has 0 spiro atoms. The zero-order valence-electron chi connectivity index (χ0n) is 23.3. The number of carbonyl (C=O) groups is 3. The summed E-state index contributed by atoms with van der Waals surface area (Å²) >= 11 is 18.4. The number of nitrogens with zero attached hydrogens (tertiary/aromatic N) is 1. The van der Waals surface area contributed by atoms with E-state index in [1.54, 1.807) is 47.0 Å². The van der Waals surface area contributed by atoms with Crippen molar-refractivity contribution in [3.63, 3.8) is 0 Å². The van der Waals surface area contributed by atoms with Crippen molar-refractivity contribution < 1.29 is 23.9 Å². The molecule has 5 rings (SSSR count). The molecule has 0 saturated heterocycles. The summed E-state index contributed by atoms with van der Waals surface area (Å²) in [5, 5.41) is 16.4. The van der Waals surface area contributed by atoms with Crippen LogP contribution in [0.25, 0.3) is 22.2 Å². The largest absolute Gasteiger partial charge is 0.477 e. The van der Waals surface area contributed by atoms with Gasteiger partial charge in [-0.3, -0.25) is 14.4 Å². The second kappa shape index (κ2) is 12.6. The number of amides is 2. The van der Waals surface area contributed by atoms with Crippen molar-refractivity contribution in [3.05, 3.63) is 121 Å². The molecule has 5 aromatic rings. The van der Waals surface area contributed by atoms with Crippen molar-refractivity contribution in [2.75, 3.05) is 5.32 Å². The Labute approximate surface area is 266 Å². The Morgan fingerprint density at radius 3 is 2.43 bits per heavy atom. The number of hydrogen-bond donors (Lipinski definition) is 3. The van der Waals surface area contributed by atoms with E-state index in [1.165, 1.54) is 25.3 Å². The van der Waals surface area contributed by atoms with E-state index in [0.29, 0.717) is 31.9 Å². The number of benzene rings is 3. The predicted octanol–water partition coefficient (Wildman–Crippen LogP) is 7.03. The molecular weight excluding hydrogens is 629 g/mol. The first-order valence-electron chi connectivity index (χ1n) is 13.2. The van der Waals surface area contributed by atoms with Gasteiger partial charge in [0.05, 0.1) is 10.5 Å². The Balaban J connectivity index is 1.34. The maximum Gasteiger partial charge on any atom is 0.341 e. The lowest BCUT2D eigenvalue weighted by molar-refractivity contribution is -0.117. The van der Waals surface area contributed by atoms with Crippen LogP contribution in [-0.4, -0.2) is 33.5 Å². The number of rotatable bonds is 8. The quantitative estimate of drug-likeness (QED) is 0.165. The first kappa shape index (κ1) is 30.9. The molecule has 0 aliphatic heterocycles. The number of carbonyl (C=O) groups excluding carboxylic acids is 2. The Kier molecular flexibility index (Phi) is 8.82. The van der Waals surface area contributed by atoms with Crippen LogP contribution in [0.2, 0.25) is 15.1 Å². The molecule has 3 aromatic carbocycles. The molecule has 0 radical (unpaired) electrons. The molecule has 0 saturated carbocycles. The van der Waals surface area contributed by atoms with E-state index < -0.39 is 34.8 Å². The molecule has 2 heterocycles. The number of hydrogen-bond acceptors (Lipinski definition) is 5. The SMILES string of the molecule is Cc1ccc(Cn2cc(C(=O)O)c(=O)c3cc(NC(=O)[C@H](C)NC(=O)c4ccc(-c5ccc(Cl)cc5Cl)o4)ccc32)cc1Cl. The van der Waals surface area contributed by atoms with E-state index in [4.69, 9.17) is 39.2 Å². The molecule has 44 heavy (non-hydrogen) atoms. The van der Waals surface area contributed by atoms with E-state index >= 15 is 0 Å². The minimum atomic E-state index is -1.38. The van der Waals surface area contributed by atoms with Crippen LogP contribution in [0.1, 0.15) is 39.0 Å². The Bertz CT molecular complexity index is 2020. The van der Waals surface area contributed by atoms with E-state index in [1.807, 2.05) is 19.1 Å². The highest BCUT2D eigenvalue weighted by Crippen LogP contribution is 2.31. The molecule has 2 aromatic heterocycles. The first-order valence-corrected chi connectivity index (χ1v) is 14.4. The number of fused-ring (bicyclic) bond motifs is 1. The van der Waals surface area contributed by atoms with Gasteiger partial charge in [0.2, 0.25) is 11.3 Å². The molecule has 0 bridgehead atoms. The molecule has 12 heteroatoms. The summed E-state index contributed by atoms with van der Waals surface area (Å²) in [7, 11) is 0. The van der Waals surface area contributed by atoms with Gasteiger partial charge >= 0.3 is 5.97 Å². The number of halogens is 3. The maximum atomic E-state index is 13.1. The third kappa shape index (κ3) is 6.50. The number of anilines is 1. The van der Waals surface area contributed by atoms with Gasteiger partial charge in [0.25, 0.3) is 5.91 Å². The predicted molar refractivity (Wildman–Crippen MR) is 170 cm³/mol. The minimum Gasteiger partial charge on any atom is -0.477 e. The average molecular weight is 653 g/mol. The highest BCUT2D eigenvalue weighted by Gasteiger charge is 2.21. The molecule has 0 aliphatic rings. The average Bonchev–Trinajstić information content (AvgIpc) is 3.46. The highest BCUT2D eigenvalue weighted by molar-refractivity contribution is 6.36. The lowest BCUT2D eigenvalue weighted by Gasteiger charge is -2.16. The van der Waals surface area contributed by atoms with Gasteiger partial charge in [-0.15, -0.1) is 0 Å². The summed E-state index contributed by atoms with van der Waals surface area (Å²) < 4.78 is 7.29. The number of pyridine rings is 1. The number of aryl methyl sites for hydroxylation is 1. The summed E-state index contributed by atoms with van der Waals surface area (Å²) in [5.41, 5.74) is 1.84. The molecule has 0 unspecified atom stereocenters. The number of furan rings is 1. The zero-order chi connectivity index (χ0) is 31.7.